The highest BCUT2D eigenvalue weighted by molar-refractivity contribution is 5.91. The molecule has 0 unspecified atom stereocenters. The first kappa shape index (κ1) is 21.8. The molecule has 1 aromatic heterocycles. The molecule has 0 N–H and O–H groups in total. The highest BCUT2D eigenvalue weighted by Crippen LogP contribution is 2.19. The van der Waals surface area contributed by atoms with Crippen LogP contribution in [0.15, 0.2) is 94.5 Å². The number of methoxy groups -OCH3 is 1. The molecule has 7 nitrogen and oxygen atoms in total. The number of benzene rings is 3. The number of carbonyl (C=O) groups excluding carboxylic acids is 1. The number of carbonyl (C=O) groups is 1. The van der Waals surface area contributed by atoms with E-state index >= 15 is 0 Å². The second kappa shape index (κ2) is 9.40. The standard InChI is InChI=1S/C26H22N2O5/c1-18-23(29)28(21-11-7-4-8-12-21)26(31)27(17-19-9-5-3-6-10-19)24(18)33-25(30)20-13-15-22(32-2)16-14-20/h3-16H,17H2,1-2H3. The lowest BCUT2D eigenvalue weighted by Crippen LogP contribution is -2.41. The molecule has 1 heterocycles. The lowest BCUT2D eigenvalue weighted by atomic mass is 10.2. The number of nitrogens with zero attached hydrogens (tertiary/aromatic N) is 2. The maximum atomic E-state index is 13.5. The predicted molar refractivity (Wildman–Crippen MR) is 125 cm³/mol. The van der Waals surface area contributed by atoms with Crippen LogP contribution in [0.3, 0.4) is 0 Å². The van der Waals surface area contributed by atoms with Crippen molar-refractivity contribution in [3.63, 3.8) is 0 Å². The molecular formula is C26H22N2O5. The van der Waals surface area contributed by atoms with Crippen LogP contribution in [0, 0.1) is 6.92 Å². The van der Waals surface area contributed by atoms with Crippen molar-refractivity contribution in [2.24, 2.45) is 0 Å². The molecule has 4 rings (SSSR count). The number of ether oxygens (including phenoxy) is 2. The summed E-state index contributed by atoms with van der Waals surface area (Å²) in [7, 11) is 1.53. The average Bonchev–Trinajstić information content (AvgIpc) is 2.86. The van der Waals surface area contributed by atoms with Gasteiger partial charge in [0.1, 0.15) is 5.75 Å². The van der Waals surface area contributed by atoms with Gasteiger partial charge in [-0.1, -0.05) is 48.5 Å². The van der Waals surface area contributed by atoms with Gasteiger partial charge >= 0.3 is 11.7 Å². The van der Waals surface area contributed by atoms with Crippen molar-refractivity contribution in [2.45, 2.75) is 13.5 Å². The van der Waals surface area contributed by atoms with Gasteiger partial charge in [0.15, 0.2) is 0 Å². The van der Waals surface area contributed by atoms with Crippen LogP contribution in [0.1, 0.15) is 21.5 Å². The Labute approximate surface area is 190 Å². The third kappa shape index (κ3) is 4.48. The molecule has 3 aromatic carbocycles. The lowest BCUT2D eigenvalue weighted by molar-refractivity contribution is 0.0716. The number of esters is 1. The maximum Gasteiger partial charge on any atom is 0.344 e. The van der Waals surface area contributed by atoms with Gasteiger partial charge in [0, 0.05) is 0 Å². The molecule has 0 aliphatic heterocycles. The van der Waals surface area contributed by atoms with Crippen LogP contribution < -0.4 is 20.7 Å². The summed E-state index contributed by atoms with van der Waals surface area (Å²) in [6.07, 6.45) is 0. The van der Waals surface area contributed by atoms with Gasteiger partial charge in [-0.3, -0.25) is 9.36 Å². The van der Waals surface area contributed by atoms with E-state index < -0.39 is 17.2 Å². The fraction of sp³-hybridized carbons (Fsp3) is 0.115. The quantitative estimate of drug-likeness (QED) is 0.427. The Morgan fingerprint density at radius 1 is 0.848 bits per heavy atom. The minimum Gasteiger partial charge on any atom is -0.497 e. The highest BCUT2D eigenvalue weighted by Gasteiger charge is 2.22. The van der Waals surface area contributed by atoms with Crippen LogP contribution >= 0.6 is 0 Å². The molecule has 33 heavy (non-hydrogen) atoms. The van der Waals surface area contributed by atoms with Gasteiger partial charge in [0.05, 0.1) is 30.5 Å². The summed E-state index contributed by atoms with van der Waals surface area (Å²) >= 11 is 0. The monoisotopic (exact) mass is 442 g/mol. The van der Waals surface area contributed by atoms with Crippen molar-refractivity contribution in [1.82, 2.24) is 9.13 Å². The molecule has 0 amide bonds. The molecule has 166 valence electrons. The van der Waals surface area contributed by atoms with Gasteiger partial charge in [-0.05, 0) is 48.9 Å². The van der Waals surface area contributed by atoms with Gasteiger partial charge in [0.2, 0.25) is 5.88 Å². The molecule has 0 saturated heterocycles. The summed E-state index contributed by atoms with van der Waals surface area (Å²) in [5, 5.41) is 0. The predicted octanol–water partition coefficient (Wildman–Crippen LogP) is 3.58. The van der Waals surface area contributed by atoms with Crippen LogP contribution in [0.5, 0.6) is 11.6 Å². The van der Waals surface area contributed by atoms with Crippen molar-refractivity contribution >= 4 is 5.97 Å². The Morgan fingerprint density at radius 3 is 2.06 bits per heavy atom. The van der Waals surface area contributed by atoms with Crippen LogP contribution in [0.25, 0.3) is 5.69 Å². The van der Waals surface area contributed by atoms with Gasteiger partial charge in [-0.25, -0.2) is 14.2 Å². The molecule has 0 bridgehead atoms. The number of hydrogen-bond acceptors (Lipinski definition) is 5. The normalized spacial score (nSPS) is 10.6. The summed E-state index contributed by atoms with van der Waals surface area (Å²) in [5.41, 5.74) is 0.521. The van der Waals surface area contributed by atoms with E-state index in [1.165, 1.54) is 11.7 Å². The van der Waals surface area contributed by atoms with Crippen molar-refractivity contribution in [1.29, 1.82) is 0 Å². The Hall–Kier alpha value is -4.39. The molecule has 0 atom stereocenters. The summed E-state index contributed by atoms with van der Waals surface area (Å²) in [6, 6.07) is 24.3. The van der Waals surface area contributed by atoms with Gasteiger partial charge in [-0.15, -0.1) is 0 Å². The van der Waals surface area contributed by atoms with E-state index in [0.717, 1.165) is 10.1 Å². The van der Waals surface area contributed by atoms with Crippen LogP contribution in [-0.2, 0) is 6.54 Å². The second-order valence-electron chi connectivity index (χ2n) is 7.38. The zero-order valence-electron chi connectivity index (χ0n) is 18.2. The number of aromatic nitrogens is 2. The largest absolute Gasteiger partial charge is 0.497 e. The lowest BCUT2D eigenvalue weighted by Gasteiger charge is -2.18. The fourth-order valence-corrected chi connectivity index (χ4v) is 3.47. The smallest absolute Gasteiger partial charge is 0.344 e. The molecule has 4 aromatic rings. The maximum absolute atomic E-state index is 13.5. The minimum absolute atomic E-state index is 0.0816. The van der Waals surface area contributed by atoms with Gasteiger partial charge < -0.3 is 9.47 Å². The van der Waals surface area contributed by atoms with E-state index in [-0.39, 0.29) is 23.6 Å². The van der Waals surface area contributed by atoms with Gasteiger partial charge in [0.25, 0.3) is 5.56 Å². The molecular weight excluding hydrogens is 420 g/mol. The third-order valence-electron chi connectivity index (χ3n) is 5.23. The topological polar surface area (TPSA) is 79.5 Å². The second-order valence-corrected chi connectivity index (χ2v) is 7.38. The first-order chi connectivity index (χ1) is 16.0. The summed E-state index contributed by atoms with van der Waals surface area (Å²) < 4.78 is 13.1. The molecule has 0 aliphatic carbocycles. The zero-order valence-corrected chi connectivity index (χ0v) is 18.2. The SMILES string of the molecule is COc1ccc(C(=O)Oc2c(C)c(=O)n(-c3ccccc3)c(=O)n2Cc2ccccc2)cc1. The fourth-order valence-electron chi connectivity index (χ4n) is 3.47. The highest BCUT2D eigenvalue weighted by atomic mass is 16.5. The van der Waals surface area contributed by atoms with Crippen LogP contribution in [0.2, 0.25) is 0 Å². The first-order valence-corrected chi connectivity index (χ1v) is 10.3. The number of para-hydroxylation sites is 1. The first-order valence-electron chi connectivity index (χ1n) is 10.3. The molecule has 0 aliphatic rings. The zero-order chi connectivity index (χ0) is 23.4. The van der Waals surface area contributed by atoms with E-state index in [1.807, 2.05) is 30.3 Å². The van der Waals surface area contributed by atoms with Crippen LogP contribution in [-0.4, -0.2) is 22.2 Å². The van der Waals surface area contributed by atoms with Crippen molar-refractivity contribution in [3.8, 4) is 17.3 Å². The Balaban J connectivity index is 1.85. The number of hydrogen-bond donors (Lipinski definition) is 0. The van der Waals surface area contributed by atoms with E-state index in [0.29, 0.717) is 11.4 Å². The van der Waals surface area contributed by atoms with Gasteiger partial charge in [-0.2, -0.15) is 0 Å². The van der Waals surface area contributed by atoms with Crippen molar-refractivity contribution < 1.29 is 14.3 Å². The summed E-state index contributed by atoms with van der Waals surface area (Å²) in [5.74, 6) is -0.171. The Kier molecular flexibility index (Phi) is 6.22. The van der Waals surface area contributed by atoms with E-state index in [9.17, 15) is 14.4 Å². The third-order valence-corrected chi connectivity index (χ3v) is 5.23. The average molecular weight is 442 g/mol. The van der Waals surface area contributed by atoms with E-state index in [1.54, 1.807) is 61.5 Å². The minimum atomic E-state index is -0.682. The van der Waals surface area contributed by atoms with Crippen molar-refractivity contribution in [2.75, 3.05) is 7.11 Å². The van der Waals surface area contributed by atoms with Crippen molar-refractivity contribution in [3.05, 3.63) is 122 Å². The van der Waals surface area contributed by atoms with E-state index in [2.05, 4.69) is 0 Å². The molecule has 7 heteroatoms. The molecule has 0 fully saturated rings. The summed E-state index contributed by atoms with van der Waals surface area (Å²) in [4.78, 5) is 39.5. The summed E-state index contributed by atoms with van der Waals surface area (Å²) in [6.45, 7) is 1.66. The van der Waals surface area contributed by atoms with E-state index in [4.69, 9.17) is 9.47 Å². The Bertz CT molecular complexity index is 1390. The molecule has 0 radical (unpaired) electrons. The van der Waals surface area contributed by atoms with Crippen LogP contribution in [0.4, 0.5) is 0 Å². The number of rotatable bonds is 6. The molecule has 0 spiro atoms. The molecule has 0 saturated carbocycles. The Morgan fingerprint density at radius 2 is 1.45 bits per heavy atom.